The van der Waals surface area contributed by atoms with Crippen LogP contribution in [0.1, 0.15) is 6.92 Å². The lowest BCUT2D eigenvalue weighted by atomic mass is 9.97. The van der Waals surface area contributed by atoms with Gasteiger partial charge in [0.1, 0.15) is 13.6 Å². The van der Waals surface area contributed by atoms with Crippen molar-refractivity contribution in [3.05, 3.63) is 18.5 Å². The van der Waals surface area contributed by atoms with E-state index in [4.69, 9.17) is 12.6 Å². The molecule has 0 amide bonds. The first-order valence-corrected chi connectivity index (χ1v) is 3.17. The molecular formula is C7H8BNO. The van der Waals surface area contributed by atoms with Gasteiger partial charge in [-0.1, -0.05) is 5.46 Å². The second-order valence-electron chi connectivity index (χ2n) is 1.85. The summed E-state index contributed by atoms with van der Waals surface area (Å²) in [5, 5.41) is 0. The fourth-order valence-electron chi connectivity index (χ4n) is 0.667. The number of hydrogen-bond acceptors (Lipinski definition) is 2. The van der Waals surface area contributed by atoms with Gasteiger partial charge in [0.05, 0.1) is 12.8 Å². The summed E-state index contributed by atoms with van der Waals surface area (Å²) in [6.45, 7) is 2.53. The highest BCUT2D eigenvalue weighted by Crippen LogP contribution is 2.00. The lowest BCUT2D eigenvalue weighted by Gasteiger charge is -2.04. The van der Waals surface area contributed by atoms with Gasteiger partial charge in [-0.2, -0.15) is 0 Å². The van der Waals surface area contributed by atoms with Gasteiger partial charge in [0.2, 0.25) is 0 Å². The lowest BCUT2D eigenvalue weighted by molar-refractivity contribution is 0.341. The number of ether oxygens (including phenoxy) is 1. The molecule has 1 aromatic rings. The highest BCUT2D eigenvalue weighted by molar-refractivity contribution is 6.34. The fourth-order valence-corrected chi connectivity index (χ4v) is 0.667. The standard InChI is InChI=1S/C7H8BNO/c1-2-10-7-5-9-4-3-6(7)8/h3-5H,2H2,1H3. The van der Waals surface area contributed by atoms with Gasteiger partial charge >= 0.3 is 0 Å². The first kappa shape index (κ1) is 7.13. The Hall–Kier alpha value is -0.985. The van der Waals surface area contributed by atoms with Crippen molar-refractivity contribution >= 4 is 13.3 Å². The minimum atomic E-state index is 0.621. The molecule has 50 valence electrons. The Morgan fingerprint density at radius 2 is 2.50 bits per heavy atom. The van der Waals surface area contributed by atoms with Crippen LogP contribution in [0.4, 0.5) is 0 Å². The zero-order valence-electron chi connectivity index (χ0n) is 5.87. The molecule has 0 spiro atoms. The van der Waals surface area contributed by atoms with Crippen LogP contribution in [0.25, 0.3) is 0 Å². The summed E-state index contributed by atoms with van der Waals surface area (Å²) in [4.78, 5) is 3.86. The Kier molecular flexibility index (Phi) is 2.32. The monoisotopic (exact) mass is 133 g/mol. The molecule has 0 bridgehead atoms. The van der Waals surface area contributed by atoms with Gasteiger partial charge in [0.25, 0.3) is 0 Å². The van der Waals surface area contributed by atoms with E-state index in [1.165, 1.54) is 0 Å². The van der Waals surface area contributed by atoms with Gasteiger partial charge in [-0.15, -0.1) is 0 Å². The molecule has 3 heteroatoms. The summed E-state index contributed by atoms with van der Waals surface area (Å²) in [6, 6.07) is 1.71. The predicted octanol–water partition coefficient (Wildman–Crippen LogP) is 0.274. The lowest BCUT2D eigenvalue weighted by Crippen LogP contribution is -2.08. The van der Waals surface area contributed by atoms with E-state index in [0.29, 0.717) is 17.8 Å². The van der Waals surface area contributed by atoms with Crippen LogP contribution in [-0.2, 0) is 0 Å². The van der Waals surface area contributed by atoms with E-state index in [2.05, 4.69) is 4.98 Å². The Morgan fingerprint density at radius 1 is 1.70 bits per heavy atom. The molecular weight excluding hydrogens is 125 g/mol. The molecule has 1 heterocycles. The normalized spacial score (nSPS) is 9.30. The van der Waals surface area contributed by atoms with Crippen molar-refractivity contribution in [2.24, 2.45) is 0 Å². The molecule has 0 fully saturated rings. The molecule has 0 atom stereocenters. The van der Waals surface area contributed by atoms with Crippen LogP contribution in [-0.4, -0.2) is 19.4 Å². The van der Waals surface area contributed by atoms with Crippen LogP contribution in [0.5, 0.6) is 5.75 Å². The van der Waals surface area contributed by atoms with Gasteiger partial charge in [-0.05, 0) is 13.0 Å². The zero-order valence-corrected chi connectivity index (χ0v) is 5.87. The van der Waals surface area contributed by atoms with Crippen molar-refractivity contribution < 1.29 is 4.74 Å². The number of aromatic nitrogens is 1. The first-order valence-electron chi connectivity index (χ1n) is 3.17. The van der Waals surface area contributed by atoms with E-state index < -0.39 is 0 Å². The third kappa shape index (κ3) is 1.50. The van der Waals surface area contributed by atoms with Crippen LogP contribution >= 0.6 is 0 Å². The molecule has 0 saturated heterocycles. The molecule has 0 N–H and O–H groups in total. The summed E-state index contributed by atoms with van der Waals surface area (Å²) in [5.41, 5.74) is 0.636. The Bertz CT molecular complexity index is 215. The molecule has 2 radical (unpaired) electrons. The van der Waals surface area contributed by atoms with Crippen LogP contribution in [0.15, 0.2) is 18.5 Å². The van der Waals surface area contributed by atoms with Gasteiger partial charge in [0, 0.05) is 6.20 Å². The maximum atomic E-state index is 5.54. The molecule has 1 aromatic heterocycles. The van der Waals surface area contributed by atoms with E-state index in [0.717, 1.165) is 0 Å². The maximum Gasteiger partial charge on any atom is 0.130 e. The van der Waals surface area contributed by atoms with Crippen molar-refractivity contribution in [1.29, 1.82) is 0 Å². The zero-order chi connectivity index (χ0) is 7.40. The Labute approximate surface area is 61.6 Å². The predicted molar refractivity (Wildman–Crippen MR) is 40.8 cm³/mol. The Morgan fingerprint density at radius 3 is 3.10 bits per heavy atom. The van der Waals surface area contributed by atoms with E-state index >= 15 is 0 Å². The second-order valence-corrected chi connectivity index (χ2v) is 1.85. The van der Waals surface area contributed by atoms with Crippen molar-refractivity contribution in [3.8, 4) is 5.75 Å². The summed E-state index contributed by atoms with van der Waals surface area (Å²) < 4.78 is 5.15. The van der Waals surface area contributed by atoms with Crippen LogP contribution in [0, 0.1) is 0 Å². The average molecular weight is 133 g/mol. The van der Waals surface area contributed by atoms with Crippen molar-refractivity contribution in [3.63, 3.8) is 0 Å². The van der Waals surface area contributed by atoms with Gasteiger partial charge in [-0.25, -0.2) is 0 Å². The molecule has 0 aromatic carbocycles. The van der Waals surface area contributed by atoms with Gasteiger partial charge < -0.3 is 4.74 Å². The largest absolute Gasteiger partial charge is 0.493 e. The van der Waals surface area contributed by atoms with Crippen LogP contribution in [0.2, 0.25) is 0 Å². The topological polar surface area (TPSA) is 22.1 Å². The van der Waals surface area contributed by atoms with Gasteiger partial charge in [-0.3, -0.25) is 4.98 Å². The minimum absolute atomic E-state index is 0.621. The molecule has 0 aliphatic heterocycles. The van der Waals surface area contributed by atoms with Crippen LogP contribution < -0.4 is 10.2 Å². The van der Waals surface area contributed by atoms with Crippen molar-refractivity contribution in [1.82, 2.24) is 4.98 Å². The van der Waals surface area contributed by atoms with Crippen molar-refractivity contribution in [2.45, 2.75) is 6.92 Å². The maximum absolute atomic E-state index is 5.54. The summed E-state index contributed by atoms with van der Waals surface area (Å²) >= 11 is 0. The minimum Gasteiger partial charge on any atom is -0.493 e. The molecule has 10 heavy (non-hydrogen) atoms. The number of rotatable bonds is 2. The van der Waals surface area contributed by atoms with Crippen molar-refractivity contribution in [2.75, 3.05) is 6.61 Å². The number of nitrogens with zero attached hydrogens (tertiary/aromatic N) is 1. The van der Waals surface area contributed by atoms with E-state index in [1.54, 1.807) is 18.5 Å². The molecule has 0 saturated carbocycles. The summed E-state index contributed by atoms with van der Waals surface area (Å²) in [7, 11) is 5.54. The molecule has 2 nitrogen and oxygen atoms in total. The third-order valence-corrected chi connectivity index (χ3v) is 1.12. The fraction of sp³-hybridized carbons (Fsp3) is 0.286. The van der Waals surface area contributed by atoms with Crippen LogP contribution in [0.3, 0.4) is 0 Å². The second kappa shape index (κ2) is 3.25. The number of hydrogen-bond donors (Lipinski definition) is 0. The molecule has 1 rings (SSSR count). The molecule has 0 aliphatic carbocycles. The van der Waals surface area contributed by atoms with Gasteiger partial charge in [0.15, 0.2) is 0 Å². The average Bonchev–Trinajstić information content (AvgIpc) is 1.94. The van der Waals surface area contributed by atoms with E-state index in [1.807, 2.05) is 6.92 Å². The third-order valence-electron chi connectivity index (χ3n) is 1.12. The smallest absolute Gasteiger partial charge is 0.130 e. The first-order chi connectivity index (χ1) is 4.84. The molecule has 0 aliphatic rings. The van der Waals surface area contributed by atoms with E-state index in [-0.39, 0.29) is 0 Å². The summed E-state index contributed by atoms with van der Waals surface area (Å²) in [6.07, 6.45) is 3.25. The quantitative estimate of drug-likeness (QED) is 0.540. The van der Waals surface area contributed by atoms with E-state index in [9.17, 15) is 0 Å². The Balaban J connectivity index is 2.81. The molecule has 0 unspecified atom stereocenters. The highest BCUT2D eigenvalue weighted by Gasteiger charge is 1.93. The SMILES string of the molecule is [B]c1ccncc1OCC. The summed E-state index contributed by atoms with van der Waals surface area (Å²) in [5.74, 6) is 0.657. The highest BCUT2D eigenvalue weighted by atomic mass is 16.5. The number of pyridine rings is 1.